The molecule has 0 unspecified atom stereocenters. The third-order valence-electron chi connectivity index (χ3n) is 3.41. The number of hydrogen-bond acceptors (Lipinski definition) is 4. The molecule has 0 bridgehead atoms. The summed E-state index contributed by atoms with van der Waals surface area (Å²) in [7, 11) is 5.06. The van der Waals surface area contributed by atoms with Crippen molar-refractivity contribution in [2.45, 2.75) is 6.54 Å². The number of ether oxygens (including phenoxy) is 2. The first-order valence-electron chi connectivity index (χ1n) is 6.32. The number of carbonyl (C=O) groups is 1. The Morgan fingerprint density at radius 2 is 2.11 bits per heavy atom. The van der Waals surface area contributed by atoms with Crippen molar-refractivity contribution in [1.82, 2.24) is 10.2 Å². The summed E-state index contributed by atoms with van der Waals surface area (Å²) in [5.74, 6) is 1.79. The molecular weight excluding hydrogens is 244 g/mol. The fourth-order valence-corrected chi connectivity index (χ4v) is 2.09. The zero-order valence-electron chi connectivity index (χ0n) is 11.6. The minimum atomic E-state index is 0.120. The Bertz CT molecular complexity index is 458. The maximum absolute atomic E-state index is 12.1. The molecule has 0 spiro atoms. The molecule has 1 saturated heterocycles. The topological polar surface area (TPSA) is 50.8 Å². The number of rotatable bonds is 5. The Balaban J connectivity index is 2.07. The molecule has 1 aliphatic rings. The summed E-state index contributed by atoms with van der Waals surface area (Å²) in [5, 5.41) is 3.11. The van der Waals surface area contributed by atoms with E-state index in [1.54, 1.807) is 19.1 Å². The number of amides is 1. The molecule has 1 fully saturated rings. The first-order valence-corrected chi connectivity index (χ1v) is 6.32. The highest BCUT2D eigenvalue weighted by Crippen LogP contribution is 2.25. The lowest BCUT2D eigenvalue weighted by Gasteiger charge is -2.30. The minimum Gasteiger partial charge on any atom is -0.497 e. The van der Waals surface area contributed by atoms with Gasteiger partial charge in [-0.05, 0) is 12.1 Å². The van der Waals surface area contributed by atoms with Gasteiger partial charge in [-0.25, -0.2) is 0 Å². The average Bonchev–Trinajstić information content (AvgIpc) is 2.37. The Kier molecular flexibility index (Phi) is 4.27. The van der Waals surface area contributed by atoms with Crippen molar-refractivity contribution in [3.05, 3.63) is 23.8 Å². The van der Waals surface area contributed by atoms with Crippen LogP contribution in [0.3, 0.4) is 0 Å². The molecule has 1 aromatic rings. The van der Waals surface area contributed by atoms with E-state index < -0.39 is 0 Å². The predicted octanol–water partition coefficient (Wildman–Crippen LogP) is 0.882. The average molecular weight is 264 g/mol. The molecule has 2 rings (SSSR count). The molecule has 19 heavy (non-hydrogen) atoms. The second kappa shape index (κ2) is 5.93. The Labute approximate surface area is 113 Å². The van der Waals surface area contributed by atoms with E-state index in [9.17, 15) is 4.79 Å². The molecule has 1 N–H and O–H groups in total. The van der Waals surface area contributed by atoms with Gasteiger partial charge in [0.05, 0.1) is 20.1 Å². The van der Waals surface area contributed by atoms with Gasteiger partial charge in [0.2, 0.25) is 5.91 Å². The van der Waals surface area contributed by atoms with Gasteiger partial charge in [0.25, 0.3) is 0 Å². The van der Waals surface area contributed by atoms with Crippen LogP contribution in [-0.4, -0.2) is 45.2 Å². The van der Waals surface area contributed by atoms with E-state index in [4.69, 9.17) is 9.47 Å². The molecule has 5 heteroatoms. The number of nitrogens with zero attached hydrogens (tertiary/aromatic N) is 1. The van der Waals surface area contributed by atoms with Crippen LogP contribution in [0.1, 0.15) is 5.56 Å². The van der Waals surface area contributed by atoms with Crippen LogP contribution in [0.15, 0.2) is 18.2 Å². The molecule has 1 heterocycles. The zero-order chi connectivity index (χ0) is 13.8. The van der Waals surface area contributed by atoms with Gasteiger partial charge >= 0.3 is 0 Å². The third kappa shape index (κ3) is 2.98. The molecule has 0 aromatic heterocycles. The lowest BCUT2D eigenvalue weighted by Crippen LogP contribution is -2.50. The number of carbonyl (C=O) groups excluding carboxylic acids is 1. The van der Waals surface area contributed by atoms with Gasteiger partial charge in [-0.1, -0.05) is 0 Å². The van der Waals surface area contributed by atoms with Crippen LogP contribution in [0, 0.1) is 5.92 Å². The van der Waals surface area contributed by atoms with Gasteiger partial charge in [0.15, 0.2) is 0 Å². The monoisotopic (exact) mass is 264 g/mol. The number of hydrogen-bond donors (Lipinski definition) is 1. The number of methoxy groups -OCH3 is 2. The van der Waals surface area contributed by atoms with Crippen LogP contribution in [0.4, 0.5) is 0 Å². The molecular formula is C14H20N2O3. The first-order chi connectivity index (χ1) is 9.15. The van der Waals surface area contributed by atoms with E-state index in [2.05, 4.69) is 5.32 Å². The maximum atomic E-state index is 12.1. The molecule has 0 saturated carbocycles. The van der Waals surface area contributed by atoms with Crippen LogP contribution in [0.5, 0.6) is 11.5 Å². The third-order valence-corrected chi connectivity index (χ3v) is 3.41. The van der Waals surface area contributed by atoms with Crippen LogP contribution >= 0.6 is 0 Å². The van der Waals surface area contributed by atoms with E-state index >= 15 is 0 Å². The zero-order valence-corrected chi connectivity index (χ0v) is 11.6. The van der Waals surface area contributed by atoms with Crippen molar-refractivity contribution in [2.24, 2.45) is 5.92 Å². The van der Waals surface area contributed by atoms with Crippen LogP contribution < -0.4 is 14.8 Å². The summed E-state index contributed by atoms with van der Waals surface area (Å²) in [5.41, 5.74) is 0.978. The molecule has 5 nitrogen and oxygen atoms in total. The number of benzene rings is 1. The number of nitrogens with one attached hydrogen (secondary N) is 1. The molecule has 0 radical (unpaired) electrons. The van der Waals surface area contributed by atoms with Crippen molar-refractivity contribution < 1.29 is 14.3 Å². The van der Waals surface area contributed by atoms with Gasteiger partial charge in [0, 0.05) is 38.3 Å². The van der Waals surface area contributed by atoms with Gasteiger partial charge in [0.1, 0.15) is 11.5 Å². The highest BCUT2D eigenvalue weighted by molar-refractivity contribution is 5.80. The van der Waals surface area contributed by atoms with E-state index in [1.807, 2.05) is 25.2 Å². The Hall–Kier alpha value is -1.75. The summed E-state index contributed by atoms with van der Waals surface area (Å²) in [4.78, 5) is 13.8. The molecule has 1 aliphatic heterocycles. The van der Waals surface area contributed by atoms with Crippen molar-refractivity contribution in [3.8, 4) is 11.5 Å². The molecule has 104 valence electrons. The van der Waals surface area contributed by atoms with E-state index in [-0.39, 0.29) is 11.8 Å². The van der Waals surface area contributed by atoms with Gasteiger partial charge in [-0.15, -0.1) is 0 Å². The molecule has 1 amide bonds. The van der Waals surface area contributed by atoms with Crippen LogP contribution in [-0.2, 0) is 11.3 Å². The first kappa shape index (κ1) is 13.7. The van der Waals surface area contributed by atoms with E-state index in [0.29, 0.717) is 6.54 Å². The lowest BCUT2D eigenvalue weighted by molar-refractivity contribution is -0.136. The standard InChI is InChI=1S/C14H20N2O3/c1-16(14(17)11-7-15-8-11)9-10-4-5-12(18-2)6-13(10)19-3/h4-6,11,15H,7-9H2,1-3H3. The summed E-state index contributed by atoms with van der Waals surface area (Å²) >= 11 is 0. The Morgan fingerprint density at radius 3 is 2.63 bits per heavy atom. The van der Waals surface area contributed by atoms with E-state index in [0.717, 1.165) is 30.2 Å². The van der Waals surface area contributed by atoms with Crippen molar-refractivity contribution in [2.75, 3.05) is 34.4 Å². The van der Waals surface area contributed by atoms with Crippen molar-refractivity contribution in [3.63, 3.8) is 0 Å². The normalized spacial score (nSPS) is 14.7. The summed E-state index contributed by atoms with van der Waals surface area (Å²) < 4.78 is 10.5. The highest BCUT2D eigenvalue weighted by atomic mass is 16.5. The lowest BCUT2D eigenvalue weighted by atomic mass is 10.0. The second-order valence-electron chi connectivity index (χ2n) is 4.73. The van der Waals surface area contributed by atoms with Crippen LogP contribution in [0.2, 0.25) is 0 Å². The SMILES string of the molecule is COc1ccc(CN(C)C(=O)C2CNC2)c(OC)c1. The fourth-order valence-electron chi connectivity index (χ4n) is 2.09. The van der Waals surface area contributed by atoms with Crippen LogP contribution in [0.25, 0.3) is 0 Å². The fraction of sp³-hybridized carbons (Fsp3) is 0.500. The summed E-state index contributed by atoms with van der Waals surface area (Å²) in [6, 6.07) is 5.64. The maximum Gasteiger partial charge on any atom is 0.228 e. The predicted molar refractivity (Wildman–Crippen MR) is 72.4 cm³/mol. The summed E-state index contributed by atoms with van der Waals surface area (Å²) in [6.45, 7) is 2.11. The van der Waals surface area contributed by atoms with Crippen molar-refractivity contribution in [1.29, 1.82) is 0 Å². The quantitative estimate of drug-likeness (QED) is 0.858. The van der Waals surface area contributed by atoms with E-state index in [1.165, 1.54) is 0 Å². The molecule has 1 aromatic carbocycles. The van der Waals surface area contributed by atoms with Crippen molar-refractivity contribution >= 4 is 5.91 Å². The molecule has 0 aliphatic carbocycles. The van der Waals surface area contributed by atoms with Gasteiger partial charge < -0.3 is 19.7 Å². The Morgan fingerprint density at radius 1 is 1.37 bits per heavy atom. The van der Waals surface area contributed by atoms with Gasteiger partial charge in [-0.3, -0.25) is 4.79 Å². The second-order valence-corrected chi connectivity index (χ2v) is 4.73. The molecule has 0 atom stereocenters. The highest BCUT2D eigenvalue weighted by Gasteiger charge is 2.27. The summed E-state index contributed by atoms with van der Waals surface area (Å²) in [6.07, 6.45) is 0. The largest absolute Gasteiger partial charge is 0.497 e. The smallest absolute Gasteiger partial charge is 0.228 e. The van der Waals surface area contributed by atoms with Gasteiger partial charge in [-0.2, -0.15) is 0 Å². The minimum absolute atomic E-state index is 0.120.